The van der Waals surface area contributed by atoms with Crippen molar-refractivity contribution in [1.29, 1.82) is 0 Å². The number of anilines is 1. The summed E-state index contributed by atoms with van der Waals surface area (Å²) in [5, 5.41) is 0. The first-order valence-corrected chi connectivity index (χ1v) is 8.36. The van der Waals surface area contributed by atoms with Crippen LogP contribution in [0.5, 0.6) is 0 Å². The largest absolute Gasteiger partial charge is 0.371 e. The quantitative estimate of drug-likeness (QED) is 0.616. The molecule has 0 atom stereocenters. The number of likely N-dealkylation sites (N-methyl/N-ethyl adjacent to an activating group) is 1. The molecular weight excluding hydrogens is 300 g/mol. The Morgan fingerprint density at radius 3 is 2.57 bits per heavy atom. The lowest BCUT2D eigenvalue weighted by Gasteiger charge is -2.20. The van der Waals surface area contributed by atoms with Crippen molar-refractivity contribution in [2.75, 3.05) is 25.0 Å². The lowest BCUT2D eigenvalue weighted by molar-refractivity contribution is -0.121. The summed E-state index contributed by atoms with van der Waals surface area (Å²) in [6.45, 7) is 4.43. The molecule has 1 aromatic carbocycles. The molecule has 110 valence electrons. The molecule has 0 radical (unpaired) electrons. The molecule has 3 nitrogen and oxygen atoms in total. The maximum Gasteiger partial charge on any atom is 0.265 e. The highest BCUT2D eigenvalue weighted by Gasteiger charge is 2.28. The van der Waals surface area contributed by atoms with Crippen molar-refractivity contribution in [2.45, 2.75) is 19.8 Å². The van der Waals surface area contributed by atoms with Gasteiger partial charge >= 0.3 is 0 Å². The molecule has 1 amide bonds. The summed E-state index contributed by atoms with van der Waals surface area (Å²) in [7, 11) is 1.72. The molecule has 0 N–H and O–H groups in total. The van der Waals surface area contributed by atoms with E-state index < -0.39 is 0 Å². The van der Waals surface area contributed by atoms with Gasteiger partial charge in [0.15, 0.2) is 0 Å². The molecule has 2 fully saturated rings. The summed E-state index contributed by atoms with van der Waals surface area (Å²) in [5.41, 5.74) is 3.63. The van der Waals surface area contributed by atoms with E-state index in [0.717, 1.165) is 18.7 Å². The number of rotatable bonds is 2. The number of hydrogen-bond donors (Lipinski definition) is 0. The summed E-state index contributed by atoms with van der Waals surface area (Å²) in [6, 6.07) is 6.40. The monoisotopic (exact) mass is 318 g/mol. The van der Waals surface area contributed by atoms with Gasteiger partial charge in [-0.2, -0.15) is 0 Å². The first-order valence-electron chi connectivity index (χ1n) is 7.13. The third kappa shape index (κ3) is 2.85. The molecule has 0 aliphatic carbocycles. The number of thiocarbonyl (C=S) groups is 1. The highest BCUT2D eigenvalue weighted by atomic mass is 32.2. The number of carbonyl (C=O) groups excluding carboxylic acids is 1. The van der Waals surface area contributed by atoms with Crippen molar-refractivity contribution in [2.24, 2.45) is 0 Å². The van der Waals surface area contributed by atoms with E-state index in [-0.39, 0.29) is 5.91 Å². The van der Waals surface area contributed by atoms with Gasteiger partial charge in [-0.25, -0.2) is 0 Å². The van der Waals surface area contributed by atoms with Crippen LogP contribution in [0.25, 0.3) is 6.08 Å². The van der Waals surface area contributed by atoms with Gasteiger partial charge < -0.3 is 4.90 Å². The molecule has 2 aliphatic rings. The van der Waals surface area contributed by atoms with E-state index in [1.807, 2.05) is 6.08 Å². The zero-order chi connectivity index (χ0) is 15.0. The Bertz CT molecular complexity index is 633. The molecule has 1 aromatic rings. The van der Waals surface area contributed by atoms with Crippen LogP contribution in [0, 0.1) is 6.92 Å². The van der Waals surface area contributed by atoms with Gasteiger partial charge in [0.1, 0.15) is 4.32 Å². The Balaban J connectivity index is 1.86. The van der Waals surface area contributed by atoms with Crippen LogP contribution in [0.2, 0.25) is 0 Å². The Morgan fingerprint density at radius 2 is 2.00 bits per heavy atom. The van der Waals surface area contributed by atoms with E-state index in [0.29, 0.717) is 9.23 Å². The second-order valence-electron chi connectivity index (χ2n) is 5.48. The summed E-state index contributed by atoms with van der Waals surface area (Å²) in [4.78, 5) is 16.7. The van der Waals surface area contributed by atoms with Crippen LogP contribution in [-0.4, -0.2) is 35.3 Å². The zero-order valence-corrected chi connectivity index (χ0v) is 13.9. The summed E-state index contributed by atoms with van der Waals surface area (Å²) >= 11 is 6.52. The van der Waals surface area contributed by atoms with Crippen molar-refractivity contribution in [3.05, 3.63) is 34.2 Å². The Hall–Kier alpha value is -1.33. The van der Waals surface area contributed by atoms with Gasteiger partial charge in [0.2, 0.25) is 0 Å². The molecule has 0 spiro atoms. The zero-order valence-electron chi connectivity index (χ0n) is 12.3. The standard InChI is InChI=1S/C16H18N2OS2/c1-11-9-12(5-6-13(11)18-7-3-4-8-18)10-14-15(19)17(2)16(20)21-14/h5-6,9-10H,3-4,7-8H2,1-2H3/b14-10-. The average molecular weight is 318 g/mol. The molecule has 2 aliphatic heterocycles. The predicted octanol–water partition coefficient (Wildman–Crippen LogP) is 3.43. The summed E-state index contributed by atoms with van der Waals surface area (Å²) in [5.74, 6) is -0.00808. The van der Waals surface area contributed by atoms with Crippen LogP contribution < -0.4 is 4.90 Å². The lowest BCUT2D eigenvalue weighted by Crippen LogP contribution is -2.22. The van der Waals surface area contributed by atoms with Gasteiger partial charge in [-0.1, -0.05) is 30.0 Å². The number of hydrogen-bond acceptors (Lipinski definition) is 4. The van der Waals surface area contributed by atoms with E-state index in [4.69, 9.17) is 12.2 Å². The normalized spacial score (nSPS) is 21.0. The summed E-state index contributed by atoms with van der Waals surface area (Å²) in [6.07, 6.45) is 4.49. The number of aryl methyl sites for hydroxylation is 1. The number of amides is 1. The Kier molecular flexibility index (Phi) is 4.04. The van der Waals surface area contributed by atoms with Crippen LogP contribution in [0.15, 0.2) is 23.1 Å². The van der Waals surface area contributed by atoms with Crippen molar-refractivity contribution >= 4 is 46.0 Å². The molecule has 2 heterocycles. The van der Waals surface area contributed by atoms with Crippen LogP contribution >= 0.6 is 24.0 Å². The van der Waals surface area contributed by atoms with Gasteiger partial charge in [0, 0.05) is 25.8 Å². The van der Waals surface area contributed by atoms with Gasteiger partial charge in [0.25, 0.3) is 5.91 Å². The smallest absolute Gasteiger partial charge is 0.265 e. The highest BCUT2D eigenvalue weighted by Crippen LogP contribution is 2.32. The van der Waals surface area contributed by atoms with Gasteiger partial charge in [-0.05, 0) is 49.1 Å². The molecule has 0 aromatic heterocycles. The van der Waals surface area contributed by atoms with Crippen LogP contribution in [0.1, 0.15) is 24.0 Å². The van der Waals surface area contributed by atoms with Crippen molar-refractivity contribution in [1.82, 2.24) is 4.90 Å². The fourth-order valence-corrected chi connectivity index (χ4v) is 3.96. The molecular formula is C16H18N2OS2. The molecule has 3 rings (SSSR count). The minimum Gasteiger partial charge on any atom is -0.371 e. The van der Waals surface area contributed by atoms with Gasteiger partial charge in [0.05, 0.1) is 4.91 Å². The van der Waals surface area contributed by atoms with Crippen molar-refractivity contribution < 1.29 is 4.79 Å². The SMILES string of the molecule is Cc1cc(/C=C2\SC(=S)N(C)C2=O)ccc1N1CCCC1. The molecule has 21 heavy (non-hydrogen) atoms. The van der Waals surface area contributed by atoms with E-state index in [1.165, 1.54) is 40.8 Å². The fraction of sp³-hybridized carbons (Fsp3) is 0.375. The lowest BCUT2D eigenvalue weighted by atomic mass is 10.1. The first-order chi connectivity index (χ1) is 10.1. The van der Waals surface area contributed by atoms with E-state index in [2.05, 4.69) is 30.0 Å². The van der Waals surface area contributed by atoms with E-state index >= 15 is 0 Å². The van der Waals surface area contributed by atoms with E-state index in [9.17, 15) is 4.79 Å². The second kappa shape index (κ2) is 5.81. The van der Waals surface area contributed by atoms with Gasteiger partial charge in [-0.15, -0.1) is 0 Å². The van der Waals surface area contributed by atoms with Crippen molar-refractivity contribution in [3.8, 4) is 0 Å². The maximum atomic E-state index is 12.0. The summed E-state index contributed by atoms with van der Waals surface area (Å²) < 4.78 is 0.622. The van der Waals surface area contributed by atoms with Crippen molar-refractivity contribution in [3.63, 3.8) is 0 Å². The number of benzene rings is 1. The fourth-order valence-electron chi connectivity index (χ4n) is 2.78. The number of thioether (sulfide) groups is 1. The Labute approximate surface area is 135 Å². The predicted molar refractivity (Wildman–Crippen MR) is 93.6 cm³/mol. The molecule has 5 heteroatoms. The van der Waals surface area contributed by atoms with Crippen LogP contribution in [0.3, 0.4) is 0 Å². The van der Waals surface area contributed by atoms with Gasteiger partial charge in [-0.3, -0.25) is 9.69 Å². The van der Waals surface area contributed by atoms with Crippen LogP contribution in [-0.2, 0) is 4.79 Å². The third-order valence-electron chi connectivity index (χ3n) is 3.95. The van der Waals surface area contributed by atoms with E-state index in [1.54, 1.807) is 7.05 Å². The average Bonchev–Trinajstić information content (AvgIpc) is 3.05. The second-order valence-corrected chi connectivity index (χ2v) is 7.16. The number of nitrogens with zero attached hydrogens (tertiary/aromatic N) is 2. The third-order valence-corrected chi connectivity index (χ3v) is 5.44. The Morgan fingerprint density at radius 1 is 1.29 bits per heavy atom. The molecule has 0 saturated carbocycles. The number of carbonyl (C=O) groups is 1. The molecule has 2 saturated heterocycles. The first kappa shape index (κ1) is 14.6. The topological polar surface area (TPSA) is 23.6 Å². The van der Waals surface area contributed by atoms with Crippen LogP contribution in [0.4, 0.5) is 5.69 Å². The molecule has 0 bridgehead atoms. The highest BCUT2D eigenvalue weighted by molar-refractivity contribution is 8.26. The molecule has 0 unspecified atom stereocenters. The minimum atomic E-state index is -0.00808. The minimum absolute atomic E-state index is 0.00808. The maximum absolute atomic E-state index is 12.0.